The van der Waals surface area contributed by atoms with Gasteiger partial charge in [-0.3, -0.25) is 4.79 Å². The number of anilines is 1. The van der Waals surface area contributed by atoms with E-state index in [2.05, 4.69) is 15.5 Å². The second-order valence-electron chi connectivity index (χ2n) is 6.93. The van der Waals surface area contributed by atoms with Crippen LogP contribution >= 0.6 is 23.4 Å². The number of halogens is 1. The molecular weight excluding hydrogens is 420 g/mol. The van der Waals surface area contributed by atoms with E-state index in [0.717, 1.165) is 16.8 Å². The molecule has 0 saturated carbocycles. The monoisotopic (exact) mass is 444 g/mol. The van der Waals surface area contributed by atoms with Gasteiger partial charge in [-0.05, 0) is 57.0 Å². The predicted molar refractivity (Wildman–Crippen MR) is 121 cm³/mol. The van der Waals surface area contributed by atoms with Crippen molar-refractivity contribution in [3.63, 3.8) is 0 Å². The van der Waals surface area contributed by atoms with Crippen molar-refractivity contribution in [1.82, 2.24) is 14.8 Å². The molecule has 1 N–H and O–H groups in total. The van der Waals surface area contributed by atoms with Gasteiger partial charge in [0.05, 0.1) is 10.8 Å². The Morgan fingerprint density at radius 3 is 2.73 bits per heavy atom. The van der Waals surface area contributed by atoms with Crippen molar-refractivity contribution in [1.29, 1.82) is 0 Å². The third-order valence-corrected chi connectivity index (χ3v) is 5.84. The highest BCUT2D eigenvalue weighted by molar-refractivity contribution is 7.99. The zero-order valence-corrected chi connectivity index (χ0v) is 19.0. The molecule has 0 spiro atoms. The summed E-state index contributed by atoms with van der Waals surface area (Å²) >= 11 is 7.54. The Bertz CT molecular complexity index is 1040. The van der Waals surface area contributed by atoms with Crippen LogP contribution in [0.25, 0.3) is 0 Å². The fourth-order valence-corrected chi connectivity index (χ4v) is 3.96. The third kappa shape index (κ3) is 5.34. The van der Waals surface area contributed by atoms with E-state index < -0.39 is 0 Å². The molecule has 1 amide bonds. The average Bonchev–Trinajstić information content (AvgIpc) is 3.14. The molecule has 6 nitrogen and oxygen atoms in total. The number of thioether (sulfide) groups is 1. The maximum absolute atomic E-state index is 12.4. The van der Waals surface area contributed by atoms with Crippen molar-refractivity contribution in [3.8, 4) is 5.75 Å². The van der Waals surface area contributed by atoms with Crippen LogP contribution in [0, 0.1) is 13.8 Å². The van der Waals surface area contributed by atoms with Crippen LogP contribution in [0.4, 0.5) is 5.69 Å². The molecule has 0 bridgehead atoms. The summed E-state index contributed by atoms with van der Waals surface area (Å²) in [5.74, 6) is 1.45. The number of carbonyl (C=O) groups excluding carboxylic acids is 1. The summed E-state index contributed by atoms with van der Waals surface area (Å²) in [5, 5.41) is 12.8. The number of aromatic nitrogens is 3. The number of carbonyl (C=O) groups is 1. The fraction of sp³-hybridized carbons (Fsp3) is 0.318. The van der Waals surface area contributed by atoms with E-state index in [1.807, 2.05) is 68.7 Å². The molecule has 2 aromatic carbocycles. The van der Waals surface area contributed by atoms with Crippen LogP contribution in [0.15, 0.2) is 47.6 Å². The van der Waals surface area contributed by atoms with Crippen LogP contribution in [0.1, 0.15) is 36.9 Å². The molecule has 0 radical (unpaired) electrons. The van der Waals surface area contributed by atoms with Gasteiger partial charge in [0.15, 0.2) is 17.1 Å². The van der Waals surface area contributed by atoms with Crippen molar-refractivity contribution >= 4 is 35.0 Å². The summed E-state index contributed by atoms with van der Waals surface area (Å²) in [7, 11) is 0. The number of nitrogens with one attached hydrogen (secondary N) is 1. The van der Waals surface area contributed by atoms with E-state index in [9.17, 15) is 4.79 Å². The lowest BCUT2D eigenvalue weighted by atomic mass is 10.1. The Labute approximate surface area is 186 Å². The summed E-state index contributed by atoms with van der Waals surface area (Å²) in [6.45, 7) is 8.56. The van der Waals surface area contributed by atoms with Gasteiger partial charge in [0.2, 0.25) is 5.91 Å². The van der Waals surface area contributed by atoms with Gasteiger partial charge in [-0.25, -0.2) is 0 Å². The van der Waals surface area contributed by atoms with Crippen molar-refractivity contribution < 1.29 is 9.53 Å². The van der Waals surface area contributed by atoms with Crippen molar-refractivity contribution in [2.75, 3.05) is 11.1 Å². The topological polar surface area (TPSA) is 69.0 Å². The lowest BCUT2D eigenvalue weighted by molar-refractivity contribution is -0.113. The van der Waals surface area contributed by atoms with Crippen LogP contribution in [0.5, 0.6) is 5.75 Å². The van der Waals surface area contributed by atoms with Gasteiger partial charge >= 0.3 is 0 Å². The second kappa shape index (κ2) is 10.00. The highest BCUT2D eigenvalue weighted by atomic mass is 35.5. The maximum atomic E-state index is 12.4. The van der Waals surface area contributed by atoms with E-state index >= 15 is 0 Å². The molecule has 0 aliphatic heterocycles. The number of hydrogen-bond acceptors (Lipinski definition) is 5. The lowest BCUT2D eigenvalue weighted by Crippen LogP contribution is -2.16. The van der Waals surface area contributed by atoms with Crippen LogP contribution in [-0.4, -0.2) is 26.4 Å². The van der Waals surface area contributed by atoms with Crippen LogP contribution in [0.3, 0.4) is 0 Å². The number of hydrogen-bond donors (Lipinski definition) is 1. The molecule has 8 heteroatoms. The normalized spacial score (nSPS) is 11.9. The molecule has 1 unspecified atom stereocenters. The smallest absolute Gasteiger partial charge is 0.234 e. The average molecular weight is 445 g/mol. The number of aryl methyl sites for hydroxylation is 2. The van der Waals surface area contributed by atoms with Gasteiger partial charge in [-0.15, -0.1) is 10.2 Å². The first kappa shape index (κ1) is 22.2. The molecule has 1 heterocycles. The largest absolute Gasteiger partial charge is 0.481 e. The number of para-hydroxylation sites is 1. The Morgan fingerprint density at radius 1 is 1.23 bits per heavy atom. The molecular formula is C22H25ClN4O2S. The Morgan fingerprint density at radius 2 is 2.00 bits per heavy atom. The Kier molecular flexibility index (Phi) is 7.39. The minimum Gasteiger partial charge on any atom is -0.481 e. The quantitative estimate of drug-likeness (QED) is 0.468. The molecule has 1 atom stereocenters. The summed E-state index contributed by atoms with van der Waals surface area (Å²) < 4.78 is 7.93. The fourth-order valence-electron chi connectivity index (χ4n) is 2.98. The summed E-state index contributed by atoms with van der Waals surface area (Å²) in [6.07, 6.45) is -0.338. The van der Waals surface area contributed by atoms with E-state index in [4.69, 9.17) is 16.3 Å². The van der Waals surface area contributed by atoms with Gasteiger partial charge < -0.3 is 14.6 Å². The number of amides is 1. The molecule has 0 saturated heterocycles. The lowest BCUT2D eigenvalue weighted by Gasteiger charge is -2.16. The summed E-state index contributed by atoms with van der Waals surface area (Å²) in [5.41, 5.74) is 2.97. The molecule has 3 rings (SSSR count). The van der Waals surface area contributed by atoms with Gasteiger partial charge in [0.1, 0.15) is 5.75 Å². The first-order valence-electron chi connectivity index (χ1n) is 9.73. The van der Waals surface area contributed by atoms with Crippen molar-refractivity contribution in [2.24, 2.45) is 0 Å². The number of nitrogens with zero attached hydrogens (tertiary/aromatic N) is 3. The zero-order valence-electron chi connectivity index (χ0n) is 17.5. The Hall–Kier alpha value is -2.51. The second-order valence-corrected chi connectivity index (χ2v) is 8.28. The van der Waals surface area contributed by atoms with Crippen molar-refractivity contribution in [2.45, 2.75) is 45.5 Å². The molecule has 1 aromatic heterocycles. The Balaban J connectivity index is 1.66. The van der Waals surface area contributed by atoms with Gasteiger partial charge in [-0.2, -0.15) is 0 Å². The molecule has 0 fully saturated rings. The first-order valence-corrected chi connectivity index (χ1v) is 11.1. The van der Waals surface area contributed by atoms with Gasteiger partial charge in [-0.1, -0.05) is 47.6 Å². The van der Waals surface area contributed by atoms with Gasteiger partial charge in [0.25, 0.3) is 0 Å². The van der Waals surface area contributed by atoms with E-state index in [0.29, 0.717) is 28.3 Å². The summed E-state index contributed by atoms with van der Waals surface area (Å²) in [4.78, 5) is 12.4. The molecule has 0 aliphatic rings. The van der Waals surface area contributed by atoms with Crippen LogP contribution in [-0.2, 0) is 11.3 Å². The standard InChI is InChI=1S/C22H25ClN4O2S/c1-5-27-21(16(4)29-19-9-7-6-8-17(19)23)25-26-22(27)30-13-20(28)24-18-12-14(2)10-11-15(18)3/h6-12,16H,5,13H2,1-4H3,(H,24,28). The first-order chi connectivity index (χ1) is 14.4. The summed E-state index contributed by atoms with van der Waals surface area (Å²) in [6, 6.07) is 13.3. The SMILES string of the molecule is CCn1c(SCC(=O)Nc2cc(C)ccc2C)nnc1C(C)Oc1ccccc1Cl. The van der Waals surface area contributed by atoms with Gasteiger partial charge in [0, 0.05) is 12.2 Å². The number of benzene rings is 2. The highest BCUT2D eigenvalue weighted by Gasteiger charge is 2.20. The van der Waals surface area contributed by atoms with Crippen LogP contribution < -0.4 is 10.1 Å². The molecule has 158 valence electrons. The molecule has 3 aromatic rings. The van der Waals surface area contributed by atoms with E-state index in [1.165, 1.54) is 11.8 Å². The van der Waals surface area contributed by atoms with E-state index in [1.54, 1.807) is 6.07 Å². The minimum absolute atomic E-state index is 0.0822. The molecule has 30 heavy (non-hydrogen) atoms. The zero-order chi connectivity index (χ0) is 21.7. The molecule has 0 aliphatic carbocycles. The third-order valence-electron chi connectivity index (χ3n) is 4.57. The maximum Gasteiger partial charge on any atom is 0.234 e. The predicted octanol–water partition coefficient (Wildman–Crippen LogP) is 5.44. The van der Waals surface area contributed by atoms with Crippen molar-refractivity contribution in [3.05, 3.63) is 64.4 Å². The van der Waals surface area contributed by atoms with E-state index in [-0.39, 0.29) is 17.8 Å². The highest BCUT2D eigenvalue weighted by Crippen LogP contribution is 2.29. The number of rotatable bonds is 8. The van der Waals surface area contributed by atoms with Crippen LogP contribution in [0.2, 0.25) is 5.02 Å². The number of ether oxygens (including phenoxy) is 1. The minimum atomic E-state index is -0.338.